The summed E-state index contributed by atoms with van der Waals surface area (Å²) in [5, 5.41) is 0.280. The van der Waals surface area contributed by atoms with Gasteiger partial charge >= 0.3 is 11.9 Å². The molecule has 2 aromatic heterocycles. The molecule has 0 bridgehead atoms. The monoisotopic (exact) mass is 306 g/mol. The van der Waals surface area contributed by atoms with Gasteiger partial charge in [-0.25, -0.2) is 9.59 Å². The van der Waals surface area contributed by atoms with Gasteiger partial charge in [-0.2, -0.15) is 0 Å². The number of aromatic nitrogens is 1. The highest BCUT2D eigenvalue weighted by molar-refractivity contribution is 6.28. The van der Waals surface area contributed by atoms with Gasteiger partial charge in [0.2, 0.25) is 5.76 Å². The summed E-state index contributed by atoms with van der Waals surface area (Å²) in [5.74, 6) is -0.366. The number of ether oxygens (including phenoxy) is 1. The Bertz CT molecular complexity index is 690. The van der Waals surface area contributed by atoms with E-state index in [0.29, 0.717) is 12.4 Å². The molecule has 0 saturated heterocycles. The molecule has 0 amide bonds. The van der Waals surface area contributed by atoms with Crippen molar-refractivity contribution in [2.24, 2.45) is 0 Å². The predicted molar refractivity (Wildman–Crippen MR) is 75.8 cm³/mol. The lowest BCUT2D eigenvalue weighted by Crippen LogP contribution is -2.43. The van der Waals surface area contributed by atoms with Crippen LogP contribution < -0.4 is 4.57 Å². The van der Waals surface area contributed by atoms with Gasteiger partial charge in [0.25, 0.3) is 5.15 Å². The molecule has 0 radical (unpaired) electrons. The number of furan rings is 1. The van der Waals surface area contributed by atoms with E-state index >= 15 is 0 Å². The minimum Gasteiger partial charge on any atom is -0.463 e. The Kier molecular flexibility index (Phi) is 4.90. The van der Waals surface area contributed by atoms with E-state index in [2.05, 4.69) is 0 Å². The van der Waals surface area contributed by atoms with Crippen molar-refractivity contribution in [3.05, 3.63) is 59.3 Å². The van der Waals surface area contributed by atoms with Gasteiger partial charge in [-0.3, -0.25) is 0 Å². The molecule has 0 saturated carbocycles. The van der Waals surface area contributed by atoms with Gasteiger partial charge in [-0.05, 0) is 42.8 Å². The summed E-state index contributed by atoms with van der Waals surface area (Å²) in [6.07, 6.45) is 4.21. The minimum absolute atomic E-state index is 0.122. The number of carbonyl (C=O) groups excluding carboxylic acids is 2. The molecular weight excluding hydrogens is 294 g/mol. The van der Waals surface area contributed by atoms with Crippen molar-refractivity contribution in [1.29, 1.82) is 0 Å². The van der Waals surface area contributed by atoms with Crippen LogP contribution in [-0.4, -0.2) is 18.5 Å². The number of pyridine rings is 1. The summed E-state index contributed by atoms with van der Waals surface area (Å²) in [4.78, 5) is 23.4. The van der Waals surface area contributed by atoms with Gasteiger partial charge in [0.05, 0.1) is 6.61 Å². The molecule has 2 rings (SSSR count). The molecule has 0 atom stereocenters. The van der Waals surface area contributed by atoms with E-state index in [4.69, 9.17) is 20.8 Å². The van der Waals surface area contributed by atoms with Gasteiger partial charge in [-0.15, -0.1) is 4.57 Å². The van der Waals surface area contributed by atoms with Gasteiger partial charge in [0.1, 0.15) is 5.76 Å². The highest BCUT2D eigenvalue weighted by Gasteiger charge is 2.24. The van der Waals surface area contributed by atoms with E-state index in [1.807, 2.05) is 0 Å². The predicted octanol–water partition coefficient (Wildman–Crippen LogP) is 2.49. The van der Waals surface area contributed by atoms with E-state index < -0.39 is 11.9 Å². The van der Waals surface area contributed by atoms with Gasteiger partial charge in [0, 0.05) is 18.2 Å². The zero-order valence-corrected chi connectivity index (χ0v) is 12.0. The second kappa shape index (κ2) is 6.85. The van der Waals surface area contributed by atoms with Crippen LogP contribution in [0.25, 0.3) is 6.08 Å². The molecule has 6 heteroatoms. The van der Waals surface area contributed by atoms with Crippen molar-refractivity contribution in [3.8, 4) is 0 Å². The number of nitrogens with zero attached hydrogens (tertiary/aromatic N) is 1. The smallest absolute Gasteiger partial charge is 0.461 e. The van der Waals surface area contributed by atoms with Crippen molar-refractivity contribution in [1.82, 2.24) is 0 Å². The normalized spacial score (nSPS) is 10.8. The highest BCUT2D eigenvalue weighted by Crippen LogP contribution is 2.11. The molecule has 5 nitrogen and oxygen atoms in total. The third kappa shape index (κ3) is 3.79. The van der Waals surface area contributed by atoms with Crippen molar-refractivity contribution in [2.75, 3.05) is 6.61 Å². The number of esters is 1. The van der Waals surface area contributed by atoms with Crippen LogP contribution in [0.15, 0.2) is 47.0 Å². The van der Waals surface area contributed by atoms with E-state index in [1.165, 1.54) is 22.8 Å². The Labute approximate surface area is 126 Å². The lowest BCUT2D eigenvalue weighted by Gasteiger charge is -1.94. The molecule has 0 fully saturated rings. The zero-order valence-electron chi connectivity index (χ0n) is 11.3. The SMILES string of the molecule is CCOC(=O)/C=C/c1ccc(C(=O)[n+]2ccccc2Cl)o1. The molecule has 21 heavy (non-hydrogen) atoms. The van der Waals surface area contributed by atoms with Crippen LogP contribution in [0.4, 0.5) is 0 Å². The Morgan fingerprint density at radius 3 is 2.86 bits per heavy atom. The number of carbonyl (C=O) groups is 2. The first-order valence-corrected chi connectivity index (χ1v) is 6.65. The Hall–Kier alpha value is -2.40. The maximum absolute atomic E-state index is 12.2. The molecule has 0 aliphatic heterocycles. The Balaban J connectivity index is 2.15. The minimum atomic E-state index is -0.470. The lowest BCUT2D eigenvalue weighted by molar-refractivity contribution is -0.569. The van der Waals surface area contributed by atoms with Crippen LogP contribution in [0.1, 0.15) is 23.2 Å². The molecule has 0 spiro atoms. The summed E-state index contributed by atoms with van der Waals surface area (Å²) < 4.78 is 11.4. The number of rotatable bonds is 4. The van der Waals surface area contributed by atoms with E-state index in [9.17, 15) is 9.59 Å². The molecule has 0 unspecified atom stereocenters. The molecular formula is C15H13ClNO4+. The zero-order chi connectivity index (χ0) is 15.2. The topological polar surface area (TPSA) is 60.4 Å². The maximum Gasteiger partial charge on any atom is 0.461 e. The third-order valence-corrected chi connectivity index (χ3v) is 2.84. The van der Waals surface area contributed by atoms with E-state index in [-0.39, 0.29) is 10.9 Å². The molecule has 0 N–H and O–H groups in total. The standard InChI is InChI=1S/C15H13ClNO4/c1-2-20-14(18)9-7-11-6-8-12(21-11)15(19)17-10-4-3-5-13(17)16/h3-10H,2H2,1H3/q+1/b9-7+. The fraction of sp³-hybridized carbons (Fsp3) is 0.133. The second-order valence-corrected chi connectivity index (χ2v) is 4.37. The molecule has 108 valence electrons. The fourth-order valence-corrected chi connectivity index (χ4v) is 1.81. The first-order valence-electron chi connectivity index (χ1n) is 6.27. The first kappa shape index (κ1) is 15.0. The summed E-state index contributed by atoms with van der Waals surface area (Å²) in [5.41, 5.74) is 0. The number of hydrogen-bond acceptors (Lipinski definition) is 4. The van der Waals surface area contributed by atoms with E-state index in [0.717, 1.165) is 0 Å². The van der Waals surface area contributed by atoms with Crippen molar-refractivity contribution >= 4 is 29.6 Å². The van der Waals surface area contributed by atoms with Gasteiger partial charge < -0.3 is 9.15 Å². The van der Waals surface area contributed by atoms with Gasteiger partial charge in [0.15, 0.2) is 6.20 Å². The summed E-state index contributed by atoms with van der Waals surface area (Å²) in [7, 11) is 0. The van der Waals surface area contributed by atoms with Crippen molar-refractivity contribution < 1.29 is 23.3 Å². The number of hydrogen-bond donors (Lipinski definition) is 0. The Morgan fingerprint density at radius 2 is 2.14 bits per heavy atom. The number of halogens is 1. The summed E-state index contributed by atoms with van der Waals surface area (Å²) in [6, 6.07) is 8.11. The highest BCUT2D eigenvalue weighted by atomic mass is 35.5. The third-order valence-electron chi connectivity index (χ3n) is 2.54. The van der Waals surface area contributed by atoms with Crippen LogP contribution in [0, 0.1) is 0 Å². The molecule has 2 aromatic rings. The average molecular weight is 307 g/mol. The molecule has 0 aromatic carbocycles. The van der Waals surface area contributed by atoms with Crippen LogP contribution in [0.5, 0.6) is 0 Å². The second-order valence-electron chi connectivity index (χ2n) is 3.99. The largest absolute Gasteiger partial charge is 0.463 e. The average Bonchev–Trinajstić information content (AvgIpc) is 2.94. The van der Waals surface area contributed by atoms with Crippen LogP contribution >= 0.6 is 11.6 Å². The molecule has 2 heterocycles. The summed E-state index contributed by atoms with van der Waals surface area (Å²) in [6.45, 7) is 2.02. The van der Waals surface area contributed by atoms with Crippen LogP contribution in [0.3, 0.4) is 0 Å². The van der Waals surface area contributed by atoms with Crippen molar-refractivity contribution in [3.63, 3.8) is 0 Å². The first-order chi connectivity index (χ1) is 10.1. The maximum atomic E-state index is 12.2. The quantitative estimate of drug-likeness (QED) is 0.377. The summed E-state index contributed by atoms with van der Waals surface area (Å²) >= 11 is 5.94. The van der Waals surface area contributed by atoms with Crippen LogP contribution in [-0.2, 0) is 9.53 Å². The molecule has 0 aliphatic rings. The Morgan fingerprint density at radius 1 is 1.33 bits per heavy atom. The fourth-order valence-electron chi connectivity index (χ4n) is 1.60. The molecule has 0 aliphatic carbocycles. The van der Waals surface area contributed by atoms with Crippen LogP contribution in [0.2, 0.25) is 5.15 Å². The van der Waals surface area contributed by atoms with Gasteiger partial charge in [-0.1, -0.05) is 0 Å². The van der Waals surface area contributed by atoms with E-state index in [1.54, 1.807) is 37.4 Å². The van der Waals surface area contributed by atoms with Crippen molar-refractivity contribution in [2.45, 2.75) is 6.92 Å². The lowest BCUT2D eigenvalue weighted by atomic mass is 10.3.